The number of rotatable bonds is 9. The Morgan fingerprint density at radius 1 is 1.14 bits per heavy atom. The van der Waals surface area contributed by atoms with Gasteiger partial charge in [-0.1, -0.05) is 70.2 Å². The SMILES string of the molecule is CCCCCC(CC)N(C(=O)Oc1c(C)cc(C)cc1C)C1=CCCC(CC)C1. The van der Waals surface area contributed by atoms with Crippen LogP contribution in [0.25, 0.3) is 0 Å². The minimum absolute atomic E-state index is 0.202. The molecule has 0 bridgehead atoms. The molecule has 0 saturated heterocycles. The predicted molar refractivity (Wildman–Crippen MR) is 122 cm³/mol. The third-order valence-corrected chi connectivity index (χ3v) is 6.31. The molecule has 1 aliphatic rings. The normalized spacial score (nSPS) is 17.6. The van der Waals surface area contributed by atoms with Gasteiger partial charge in [0.1, 0.15) is 5.75 Å². The van der Waals surface area contributed by atoms with Crippen LogP contribution in [-0.2, 0) is 0 Å². The fraction of sp³-hybridized carbons (Fsp3) is 0.654. The number of carbonyl (C=O) groups excluding carboxylic acids is 1. The first-order chi connectivity index (χ1) is 13.9. The molecule has 1 aromatic carbocycles. The van der Waals surface area contributed by atoms with Crippen molar-refractivity contribution in [2.24, 2.45) is 5.92 Å². The second-order valence-electron chi connectivity index (χ2n) is 8.77. The van der Waals surface area contributed by atoms with Gasteiger partial charge in [0.25, 0.3) is 0 Å². The highest BCUT2D eigenvalue weighted by molar-refractivity contribution is 5.74. The molecule has 2 atom stereocenters. The Morgan fingerprint density at radius 3 is 2.41 bits per heavy atom. The van der Waals surface area contributed by atoms with Gasteiger partial charge >= 0.3 is 6.09 Å². The lowest BCUT2D eigenvalue weighted by atomic mass is 9.88. The Labute approximate surface area is 178 Å². The lowest BCUT2D eigenvalue weighted by Crippen LogP contribution is -2.42. The molecule has 0 N–H and O–H groups in total. The van der Waals surface area contributed by atoms with Crippen molar-refractivity contribution in [2.45, 2.75) is 105 Å². The molecule has 1 aromatic rings. The summed E-state index contributed by atoms with van der Waals surface area (Å²) >= 11 is 0. The van der Waals surface area contributed by atoms with Crippen molar-refractivity contribution in [1.29, 1.82) is 0 Å². The van der Waals surface area contributed by atoms with Gasteiger partial charge in [-0.25, -0.2) is 4.79 Å². The maximum Gasteiger partial charge on any atom is 0.419 e. The molecular formula is C26H41NO2. The highest BCUT2D eigenvalue weighted by atomic mass is 16.6. The zero-order valence-electron chi connectivity index (χ0n) is 19.5. The zero-order valence-corrected chi connectivity index (χ0v) is 19.5. The summed E-state index contributed by atoms with van der Waals surface area (Å²) < 4.78 is 6.05. The molecule has 2 unspecified atom stereocenters. The van der Waals surface area contributed by atoms with Crippen molar-refractivity contribution in [3.8, 4) is 5.75 Å². The van der Waals surface area contributed by atoms with E-state index in [4.69, 9.17) is 4.74 Å². The molecule has 2 rings (SSSR count). The van der Waals surface area contributed by atoms with Crippen LogP contribution >= 0.6 is 0 Å². The van der Waals surface area contributed by atoms with Crippen LogP contribution in [0.1, 0.15) is 95.2 Å². The Morgan fingerprint density at radius 2 is 1.83 bits per heavy atom. The third-order valence-electron chi connectivity index (χ3n) is 6.31. The highest BCUT2D eigenvalue weighted by Gasteiger charge is 2.30. The van der Waals surface area contributed by atoms with E-state index in [0.717, 1.165) is 49.0 Å². The number of nitrogens with zero attached hydrogens (tertiary/aromatic N) is 1. The van der Waals surface area contributed by atoms with Crippen molar-refractivity contribution >= 4 is 6.09 Å². The molecule has 0 radical (unpaired) electrons. The van der Waals surface area contributed by atoms with Crippen molar-refractivity contribution in [2.75, 3.05) is 0 Å². The molecule has 0 saturated carbocycles. The second-order valence-corrected chi connectivity index (χ2v) is 8.77. The topological polar surface area (TPSA) is 29.5 Å². The van der Waals surface area contributed by atoms with Crippen molar-refractivity contribution in [1.82, 2.24) is 4.90 Å². The van der Waals surface area contributed by atoms with Crippen molar-refractivity contribution in [3.05, 3.63) is 40.6 Å². The summed E-state index contributed by atoms with van der Waals surface area (Å²) in [6.45, 7) is 12.8. The van der Waals surface area contributed by atoms with Gasteiger partial charge in [-0.15, -0.1) is 0 Å². The molecule has 162 valence electrons. The second kappa shape index (κ2) is 11.4. The molecule has 0 aliphatic heterocycles. The van der Waals surface area contributed by atoms with Crippen molar-refractivity contribution < 1.29 is 9.53 Å². The minimum Gasteiger partial charge on any atom is -0.409 e. The van der Waals surface area contributed by atoms with Gasteiger partial charge in [0, 0.05) is 11.7 Å². The van der Waals surface area contributed by atoms with Crippen LogP contribution in [0.3, 0.4) is 0 Å². The van der Waals surface area contributed by atoms with Crippen LogP contribution in [0.5, 0.6) is 5.75 Å². The Kier molecular flexibility index (Phi) is 9.26. The summed E-state index contributed by atoms with van der Waals surface area (Å²) in [5.41, 5.74) is 4.43. The minimum atomic E-state index is -0.202. The quantitative estimate of drug-likeness (QED) is 0.395. The summed E-state index contributed by atoms with van der Waals surface area (Å²) in [6.07, 6.45) is 12.1. The van der Waals surface area contributed by atoms with E-state index in [1.807, 2.05) is 18.7 Å². The number of hydrogen-bond donors (Lipinski definition) is 0. The largest absolute Gasteiger partial charge is 0.419 e. The fourth-order valence-corrected chi connectivity index (χ4v) is 4.62. The number of carbonyl (C=O) groups is 1. The average Bonchev–Trinajstić information content (AvgIpc) is 2.70. The third kappa shape index (κ3) is 6.35. The first kappa shape index (κ1) is 23.5. The maximum absolute atomic E-state index is 13.5. The molecule has 3 nitrogen and oxygen atoms in total. The molecule has 1 amide bonds. The van der Waals surface area contributed by atoms with Crippen LogP contribution in [0.15, 0.2) is 23.9 Å². The van der Waals surface area contributed by atoms with Crippen LogP contribution in [0.4, 0.5) is 4.79 Å². The van der Waals surface area contributed by atoms with Crippen LogP contribution in [0, 0.1) is 26.7 Å². The highest BCUT2D eigenvalue weighted by Crippen LogP contribution is 2.33. The molecule has 0 heterocycles. The first-order valence-corrected chi connectivity index (χ1v) is 11.7. The lowest BCUT2D eigenvalue weighted by molar-refractivity contribution is 0.137. The predicted octanol–water partition coefficient (Wildman–Crippen LogP) is 7.87. The monoisotopic (exact) mass is 399 g/mol. The smallest absolute Gasteiger partial charge is 0.409 e. The van der Waals surface area contributed by atoms with Crippen LogP contribution in [-0.4, -0.2) is 17.0 Å². The van der Waals surface area contributed by atoms with E-state index in [-0.39, 0.29) is 12.1 Å². The molecular weight excluding hydrogens is 358 g/mol. The average molecular weight is 400 g/mol. The molecule has 3 heteroatoms. The van der Waals surface area contributed by atoms with Gasteiger partial charge in [-0.05, 0) is 69.9 Å². The Balaban J connectivity index is 2.30. The summed E-state index contributed by atoms with van der Waals surface area (Å²) in [5.74, 6) is 1.39. The summed E-state index contributed by atoms with van der Waals surface area (Å²) in [4.78, 5) is 15.5. The van der Waals surface area contributed by atoms with E-state index in [1.54, 1.807) is 0 Å². The van der Waals surface area contributed by atoms with E-state index >= 15 is 0 Å². The van der Waals surface area contributed by atoms with E-state index in [2.05, 4.69) is 45.9 Å². The molecule has 0 aromatic heterocycles. The van der Waals surface area contributed by atoms with Crippen molar-refractivity contribution in [3.63, 3.8) is 0 Å². The first-order valence-electron chi connectivity index (χ1n) is 11.7. The number of ether oxygens (including phenoxy) is 1. The number of hydrogen-bond acceptors (Lipinski definition) is 2. The lowest BCUT2D eigenvalue weighted by Gasteiger charge is -2.36. The van der Waals surface area contributed by atoms with E-state index < -0.39 is 0 Å². The number of allylic oxidation sites excluding steroid dienone is 2. The fourth-order valence-electron chi connectivity index (χ4n) is 4.62. The Bertz CT molecular complexity index is 684. The van der Waals surface area contributed by atoms with Gasteiger partial charge < -0.3 is 4.74 Å². The standard InChI is InChI=1S/C26H41NO2/c1-7-10-11-14-23(9-3)27(24-15-12-13-22(8-2)18-24)26(28)29-25-20(5)16-19(4)17-21(25)6/h15-17,22-23H,7-14,18H2,1-6H3. The number of benzene rings is 1. The van der Waals surface area contributed by atoms with Gasteiger partial charge in [-0.3, -0.25) is 4.90 Å². The van der Waals surface area contributed by atoms with Crippen LogP contribution < -0.4 is 4.74 Å². The number of amides is 1. The van der Waals surface area contributed by atoms with Gasteiger partial charge in [0.15, 0.2) is 0 Å². The van der Waals surface area contributed by atoms with Gasteiger partial charge in [0.2, 0.25) is 0 Å². The number of unbranched alkanes of at least 4 members (excludes halogenated alkanes) is 2. The van der Waals surface area contributed by atoms with Crippen LogP contribution in [0.2, 0.25) is 0 Å². The zero-order chi connectivity index (χ0) is 21.4. The summed E-state index contributed by atoms with van der Waals surface area (Å²) in [5, 5.41) is 0. The van der Waals surface area contributed by atoms with E-state index in [1.165, 1.54) is 36.9 Å². The maximum atomic E-state index is 13.5. The molecule has 1 aliphatic carbocycles. The summed E-state index contributed by atoms with van der Waals surface area (Å²) in [6, 6.07) is 4.39. The molecule has 0 spiro atoms. The van der Waals surface area contributed by atoms with Gasteiger partial charge in [-0.2, -0.15) is 0 Å². The number of aryl methyl sites for hydroxylation is 3. The summed E-state index contributed by atoms with van der Waals surface area (Å²) in [7, 11) is 0. The Hall–Kier alpha value is -1.77. The van der Waals surface area contributed by atoms with Gasteiger partial charge in [0.05, 0.1) is 0 Å². The van der Waals surface area contributed by atoms with E-state index in [0.29, 0.717) is 5.92 Å². The van der Waals surface area contributed by atoms with E-state index in [9.17, 15) is 4.79 Å². The molecule has 0 fully saturated rings. The molecule has 29 heavy (non-hydrogen) atoms.